The van der Waals surface area contributed by atoms with Gasteiger partial charge in [0.2, 0.25) is 0 Å². The summed E-state index contributed by atoms with van der Waals surface area (Å²) < 4.78 is 5.09. The average Bonchev–Trinajstić information content (AvgIpc) is 3.27. The number of benzene rings is 6. The minimum atomic E-state index is -1.24. The molecule has 0 radical (unpaired) electrons. The molecule has 0 aliphatic carbocycles. The molecule has 3 N–H and O–H groups in total. The Morgan fingerprint density at radius 2 is 0.875 bits per heavy atom. The average molecular weight is 933 g/mol. The number of anilines is 6. The maximum Gasteiger partial charge on any atom is 0.357 e. The van der Waals surface area contributed by atoms with E-state index in [1.54, 1.807) is 43.3 Å². The highest BCUT2D eigenvalue weighted by molar-refractivity contribution is 6.40. The van der Waals surface area contributed by atoms with Crippen molar-refractivity contribution in [3.63, 3.8) is 0 Å². The first-order valence-electron chi connectivity index (χ1n) is 19.3. The summed E-state index contributed by atoms with van der Waals surface area (Å²) in [6.45, 7) is 1.89. The van der Waals surface area contributed by atoms with Crippen molar-refractivity contribution < 1.29 is 29.0 Å². The number of nitrogens with zero attached hydrogens (tertiary/aromatic N) is 4. The Morgan fingerprint density at radius 1 is 0.531 bits per heavy atom. The van der Waals surface area contributed by atoms with E-state index in [1.807, 2.05) is 97.1 Å². The highest BCUT2D eigenvalue weighted by Gasteiger charge is 2.24. The number of hydrogen-bond acceptors (Lipinski definition) is 7. The number of aromatic carboxylic acids is 1. The topological polar surface area (TPSA) is 154 Å². The van der Waals surface area contributed by atoms with Crippen LogP contribution in [-0.4, -0.2) is 45.7 Å². The number of nitrogens with one attached hydrogen (secondary N) is 2. The molecule has 0 aliphatic rings. The van der Waals surface area contributed by atoms with Gasteiger partial charge in [0.05, 0.1) is 61.8 Å². The summed E-state index contributed by atoms with van der Waals surface area (Å²) in [5.74, 6) is -1.86. The van der Waals surface area contributed by atoms with E-state index in [2.05, 4.69) is 20.6 Å². The Kier molecular flexibility index (Phi) is 14.2. The molecular weight excluding hydrogens is 898 g/mol. The largest absolute Gasteiger partial charge is 0.477 e. The van der Waals surface area contributed by atoms with Crippen LogP contribution in [0.15, 0.2) is 158 Å². The molecule has 0 saturated heterocycles. The van der Waals surface area contributed by atoms with Crippen molar-refractivity contribution in [2.45, 2.75) is 6.92 Å². The van der Waals surface area contributed by atoms with Gasteiger partial charge in [-0.05, 0) is 91.9 Å². The normalized spacial score (nSPS) is 10.6. The third-order valence-corrected chi connectivity index (χ3v) is 10.3. The molecule has 0 aliphatic heterocycles. The van der Waals surface area contributed by atoms with E-state index in [0.717, 1.165) is 0 Å². The molecule has 0 bridgehead atoms. The molecule has 0 fully saturated rings. The summed E-state index contributed by atoms with van der Waals surface area (Å²) in [7, 11) is 0. The molecule has 0 atom stereocenters. The summed E-state index contributed by atoms with van der Waals surface area (Å²) in [5, 5.41) is 17.2. The molecule has 0 unspecified atom stereocenters. The number of carboxylic acid groups (broad SMARTS) is 1. The highest BCUT2D eigenvalue weighted by atomic mass is 35.5. The fourth-order valence-electron chi connectivity index (χ4n) is 6.61. The number of ether oxygens (including phenoxy) is 1. The SMILES string of the molecule is CCOC(=O)c1cc(NC(=O)N(c2ccccc2)c2ccccc2)c2c(Cl)cc(Cl)cc2n1.O=C(O)c1cc(NC(=O)N(c2ccccc2)c2ccccc2)c2c(Cl)cc(Cl)cc2n1. The van der Waals surface area contributed by atoms with Gasteiger partial charge in [-0.1, -0.05) is 119 Å². The lowest BCUT2D eigenvalue weighted by atomic mass is 10.1. The van der Waals surface area contributed by atoms with Crippen molar-refractivity contribution in [2.24, 2.45) is 0 Å². The van der Waals surface area contributed by atoms with Crippen molar-refractivity contribution in [2.75, 3.05) is 27.0 Å². The van der Waals surface area contributed by atoms with Crippen LogP contribution in [0.1, 0.15) is 27.9 Å². The zero-order chi connectivity index (χ0) is 45.3. The van der Waals surface area contributed by atoms with E-state index in [4.69, 9.17) is 51.1 Å². The summed E-state index contributed by atoms with van der Waals surface area (Å²) in [4.78, 5) is 62.4. The minimum absolute atomic E-state index is 0.0314. The van der Waals surface area contributed by atoms with E-state index in [9.17, 15) is 24.3 Å². The van der Waals surface area contributed by atoms with Crippen molar-refractivity contribution in [3.05, 3.63) is 189 Å². The first kappa shape index (κ1) is 44.8. The first-order chi connectivity index (χ1) is 30.9. The van der Waals surface area contributed by atoms with Crippen molar-refractivity contribution in [1.82, 2.24) is 9.97 Å². The van der Waals surface area contributed by atoms with Crippen LogP contribution in [0.2, 0.25) is 20.1 Å². The third kappa shape index (κ3) is 10.3. The minimum Gasteiger partial charge on any atom is -0.477 e. The van der Waals surface area contributed by atoms with Crippen molar-refractivity contribution >= 4 is 126 Å². The number of carbonyl (C=O) groups is 4. The maximum absolute atomic E-state index is 13.6. The highest BCUT2D eigenvalue weighted by Crippen LogP contribution is 2.36. The Hall–Kier alpha value is -7.22. The zero-order valence-electron chi connectivity index (χ0n) is 33.5. The summed E-state index contributed by atoms with van der Waals surface area (Å²) in [6.07, 6.45) is 0. The molecule has 2 heterocycles. The van der Waals surface area contributed by atoms with Crippen molar-refractivity contribution in [1.29, 1.82) is 0 Å². The maximum atomic E-state index is 13.6. The van der Waals surface area contributed by atoms with Gasteiger partial charge in [-0.25, -0.2) is 29.1 Å². The number of hydrogen-bond donors (Lipinski definition) is 3. The molecule has 16 heteroatoms. The number of aromatic nitrogens is 2. The first-order valence-corrected chi connectivity index (χ1v) is 20.9. The lowest BCUT2D eigenvalue weighted by Crippen LogP contribution is -2.31. The van der Waals surface area contributed by atoms with Gasteiger partial charge in [-0.15, -0.1) is 0 Å². The monoisotopic (exact) mass is 930 g/mol. The quantitative estimate of drug-likeness (QED) is 0.121. The number of pyridine rings is 2. The number of amides is 4. The van der Waals surface area contributed by atoms with Gasteiger partial charge in [-0.3, -0.25) is 9.80 Å². The Bertz CT molecular complexity index is 2930. The van der Waals surface area contributed by atoms with E-state index in [1.165, 1.54) is 34.1 Å². The smallest absolute Gasteiger partial charge is 0.357 e. The van der Waals surface area contributed by atoms with E-state index >= 15 is 0 Å². The molecule has 0 saturated carbocycles. The fourth-order valence-corrected chi connectivity index (χ4v) is 7.77. The summed E-state index contributed by atoms with van der Waals surface area (Å²) >= 11 is 25.0. The molecule has 8 rings (SSSR count). The van der Waals surface area contributed by atoms with E-state index < -0.39 is 24.0 Å². The lowest BCUT2D eigenvalue weighted by molar-refractivity contribution is 0.0519. The number of carbonyl (C=O) groups excluding carboxylic acids is 3. The molecule has 8 aromatic rings. The van der Waals surface area contributed by atoms with E-state index in [-0.39, 0.29) is 34.2 Å². The predicted octanol–water partition coefficient (Wildman–Crippen LogP) is 13.7. The molecular formula is C48H34Cl4N6O6. The van der Waals surface area contributed by atoms with Crippen LogP contribution in [-0.2, 0) is 4.74 Å². The Balaban J connectivity index is 0.000000192. The van der Waals surface area contributed by atoms with E-state index in [0.29, 0.717) is 59.8 Å². The molecule has 0 spiro atoms. The van der Waals surface area contributed by atoms with Crippen LogP contribution < -0.4 is 20.4 Å². The van der Waals surface area contributed by atoms with Gasteiger partial charge in [-0.2, -0.15) is 0 Å². The molecule has 4 amide bonds. The van der Waals surface area contributed by atoms with Crippen molar-refractivity contribution in [3.8, 4) is 0 Å². The number of rotatable bonds is 9. The van der Waals surface area contributed by atoms with Crippen LogP contribution in [0.5, 0.6) is 0 Å². The zero-order valence-corrected chi connectivity index (χ0v) is 36.5. The molecule has 320 valence electrons. The number of esters is 1. The lowest BCUT2D eigenvalue weighted by Gasteiger charge is -2.24. The van der Waals surface area contributed by atoms with Crippen LogP contribution in [0.3, 0.4) is 0 Å². The number of urea groups is 2. The second-order valence-corrected chi connectivity index (χ2v) is 15.3. The molecule has 12 nitrogen and oxygen atoms in total. The Labute approximate surface area is 386 Å². The fraction of sp³-hybridized carbons (Fsp3) is 0.0417. The van der Waals surface area contributed by atoms with Gasteiger partial charge >= 0.3 is 24.0 Å². The predicted molar refractivity (Wildman–Crippen MR) is 255 cm³/mol. The van der Waals surface area contributed by atoms with Crippen LogP contribution in [0.25, 0.3) is 21.8 Å². The van der Waals surface area contributed by atoms with Gasteiger partial charge in [0.15, 0.2) is 11.4 Å². The van der Waals surface area contributed by atoms with Gasteiger partial charge in [0, 0.05) is 20.8 Å². The van der Waals surface area contributed by atoms with Gasteiger partial charge < -0.3 is 20.5 Å². The molecule has 6 aromatic carbocycles. The van der Waals surface area contributed by atoms with Crippen LogP contribution in [0, 0.1) is 0 Å². The van der Waals surface area contributed by atoms with Crippen LogP contribution >= 0.6 is 46.4 Å². The number of carboxylic acids is 1. The number of para-hydroxylation sites is 4. The third-order valence-electron chi connectivity index (χ3n) is 9.30. The van der Waals surface area contributed by atoms with Gasteiger partial charge in [0.25, 0.3) is 0 Å². The standard InChI is InChI=1S/C25H19Cl2N3O3.C23H15Cl2N3O3/c1-2-33-24(31)22-15-21(23-19(27)13-16(26)14-20(23)28-22)29-25(32)30(17-9-5-3-6-10-17)18-11-7-4-8-12-18;24-14-11-17(25)21-18(12-14)26-20(22(29)30)13-19(21)27-23(31)28(15-7-3-1-4-8-15)16-9-5-2-6-10-16/h3-15H,2H2,1H3,(H,28,29,32);1-13H,(H,29,30)(H,26,27,31). The molecule has 2 aromatic heterocycles. The number of fused-ring (bicyclic) bond motifs is 2. The molecule has 64 heavy (non-hydrogen) atoms. The second kappa shape index (κ2) is 20.3. The van der Waals surface area contributed by atoms with Crippen LogP contribution in [0.4, 0.5) is 43.7 Å². The second-order valence-electron chi connectivity index (χ2n) is 13.6. The Morgan fingerprint density at radius 3 is 1.22 bits per heavy atom. The summed E-state index contributed by atoms with van der Waals surface area (Å²) in [6, 6.07) is 44.5. The van der Waals surface area contributed by atoms with Gasteiger partial charge in [0.1, 0.15) is 0 Å². The summed E-state index contributed by atoms with van der Waals surface area (Å²) in [5.41, 5.74) is 3.54. The number of halogens is 4.